The first kappa shape index (κ1) is 15.2. The first-order valence-electron chi connectivity index (χ1n) is 7.35. The minimum absolute atomic E-state index is 0.0468. The Labute approximate surface area is 134 Å². The number of halogens is 1. The maximum atomic E-state index is 12.5. The van der Waals surface area contributed by atoms with Crippen LogP contribution in [0.2, 0.25) is 5.02 Å². The van der Waals surface area contributed by atoms with E-state index in [1.165, 1.54) is 0 Å². The van der Waals surface area contributed by atoms with Gasteiger partial charge in [-0.15, -0.1) is 0 Å². The molecule has 0 bridgehead atoms. The van der Waals surface area contributed by atoms with Crippen LogP contribution in [0, 0.1) is 0 Å². The fourth-order valence-electron chi connectivity index (χ4n) is 2.97. The molecule has 1 saturated heterocycles. The number of hydrogen-bond donors (Lipinski definition) is 0. The molecule has 3 rings (SSSR count). The van der Waals surface area contributed by atoms with Gasteiger partial charge in [-0.25, -0.2) is 4.79 Å². The Morgan fingerprint density at radius 1 is 1.32 bits per heavy atom. The van der Waals surface area contributed by atoms with E-state index in [1.54, 1.807) is 15.9 Å². The van der Waals surface area contributed by atoms with Crippen LogP contribution >= 0.6 is 11.6 Å². The summed E-state index contributed by atoms with van der Waals surface area (Å²) in [6.45, 7) is 6.93. The first-order valence-corrected chi connectivity index (χ1v) is 7.73. The van der Waals surface area contributed by atoms with Gasteiger partial charge in [0, 0.05) is 19.6 Å². The number of nitrogens with zero attached hydrogens (tertiary/aromatic N) is 2. The van der Waals surface area contributed by atoms with E-state index in [4.69, 9.17) is 16.3 Å². The predicted octanol–water partition coefficient (Wildman–Crippen LogP) is 3.09. The topological polar surface area (TPSA) is 49.9 Å². The van der Waals surface area contributed by atoms with Crippen LogP contribution in [0.4, 0.5) is 4.79 Å². The minimum Gasteiger partial charge on any atom is -0.444 e. The van der Waals surface area contributed by atoms with Crippen LogP contribution < -0.4 is 0 Å². The molecule has 0 spiro atoms. The summed E-state index contributed by atoms with van der Waals surface area (Å²) in [5, 5.41) is 0.473. The summed E-state index contributed by atoms with van der Waals surface area (Å²) < 4.78 is 5.42. The van der Waals surface area contributed by atoms with E-state index in [-0.39, 0.29) is 18.0 Å². The van der Waals surface area contributed by atoms with Crippen molar-refractivity contribution < 1.29 is 14.3 Å². The van der Waals surface area contributed by atoms with Gasteiger partial charge in [-0.05, 0) is 32.4 Å². The van der Waals surface area contributed by atoms with E-state index < -0.39 is 5.60 Å². The number of fused-ring (bicyclic) bond motifs is 3. The lowest BCUT2D eigenvalue weighted by Crippen LogP contribution is -2.50. The van der Waals surface area contributed by atoms with Crippen molar-refractivity contribution in [2.75, 3.05) is 19.6 Å². The summed E-state index contributed by atoms with van der Waals surface area (Å²) in [6, 6.07) is 5.33. The number of ether oxygens (including phenoxy) is 1. The molecule has 2 heterocycles. The fraction of sp³-hybridized carbons (Fsp3) is 0.500. The summed E-state index contributed by atoms with van der Waals surface area (Å²) >= 11 is 6.16. The van der Waals surface area contributed by atoms with E-state index in [9.17, 15) is 9.59 Å². The number of hydrogen-bond acceptors (Lipinski definition) is 3. The highest BCUT2D eigenvalue weighted by Crippen LogP contribution is 2.39. The Morgan fingerprint density at radius 2 is 2.05 bits per heavy atom. The van der Waals surface area contributed by atoms with Crippen LogP contribution in [-0.2, 0) is 4.74 Å². The van der Waals surface area contributed by atoms with Crippen molar-refractivity contribution in [2.45, 2.75) is 32.4 Å². The molecule has 0 aromatic heterocycles. The molecule has 0 aliphatic carbocycles. The van der Waals surface area contributed by atoms with E-state index >= 15 is 0 Å². The first-order chi connectivity index (χ1) is 10.3. The van der Waals surface area contributed by atoms with Gasteiger partial charge >= 0.3 is 6.09 Å². The Balaban J connectivity index is 1.83. The summed E-state index contributed by atoms with van der Waals surface area (Å²) in [4.78, 5) is 28.2. The van der Waals surface area contributed by atoms with Crippen molar-refractivity contribution in [3.63, 3.8) is 0 Å². The zero-order valence-electron chi connectivity index (χ0n) is 12.9. The number of carbonyl (C=O) groups is 2. The molecule has 2 amide bonds. The second-order valence-electron chi connectivity index (χ2n) is 6.64. The molecule has 0 saturated carbocycles. The molecule has 1 aromatic rings. The van der Waals surface area contributed by atoms with E-state index in [2.05, 4.69) is 0 Å². The standard InChI is InChI=1S/C16H19ClN2O3/c1-16(2,3)22-15(21)18-7-8-19-12(9-18)10-5-4-6-11(17)13(10)14(19)20/h4-6,12H,7-9H2,1-3H3/t12-/m0/s1. The van der Waals surface area contributed by atoms with Crippen molar-refractivity contribution in [3.05, 3.63) is 34.3 Å². The van der Waals surface area contributed by atoms with Crippen LogP contribution in [-0.4, -0.2) is 47.0 Å². The van der Waals surface area contributed by atoms with Crippen molar-refractivity contribution in [1.82, 2.24) is 9.80 Å². The fourth-order valence-corrected chi connectivity index (χ4v) is 3.23. The highest BCUT2D eigenvalue weighted by molar-refractivity contribution is 6.34. The SMILES string of the molecule is CC(C)(C)OC(=O)N1CCN2C(=O)c3c(Cl)cccc3[C@@H]2C1. The predicted molar refractivity (Wildman–Crippen MR) is 83.0 cm³/mol. The normalized spacial score (nSPS) is 20.7. The molecule has 2 aliphatic heterocycles. The van der Waals surface area contributed by atoms with Crippen molar-refractivity contribution in [1.29, 1.82) is 0 Å². The number of benzene rings is 1. The van der Waals surface area contributed by atoms with Gasteiger partial charge in [-0.3, -0.25) is 4.79 Å². The summed E-state index contributed by atoms with van der Waals surface area (Å²) in [5.74, 6) is -0.0468. The number of carbonyl (C=O) groups excluding carboxylic acids is 2. The Kier molecular flexibility index (Phi) is 3.56. The number of piperazine rings is 1. The van der Waals surface area contributed by atoms with Gasteiger partial charge in [0.1, 0.15) is 5.60 Å². The zero-order chi connectivity index (χ0) is 16.1. The molecule has 1 atom stereocenters. The summed E-state index contributed by atoms with van der Waals surface area (Å²) in [6.07, 6.45) is -0.338. The van der Waals surface area contributed by atoms with E-state index in [0.717, 1.165) is 5.56 Å². The van der Waals surface area contributed by atoms with Gasteiger partial charge in [-0.1, -0.05) is 23.7 Å². The molecule has 22 heavy (non-hydrogen) atoms. The smallest absolute Gasteiger partial charge is 0.410 e. The minimum atomic E-state index is -0.527. The quantitative estimate of drug-likeness (QED) is 0.737. The second-order valence-corrected chi connectivity index (χ2v) is 7.05. The Morgan fingerprint density at radius 3 is 2.73 bits per heavy atom. The third kappa shape index (κ3) is 2.54. The van der Waals surface area contributed by atoms with Crippen molar-refractivity contribution >= 4 is 23.6 Å². The molecule has 0 N–H and O–H groups in total. The van der Waals surface area contributed by atoms with Gasteiger partial charge in [0.15, 0.2) is 0 Å². The van der Waals surface area contributed by atoms with Gasteiger partial charge in [0.2, 0.25) is 0 Å². The molecule has 0 radical (unpaired) electrons. The monoisotopic (exact) mass is 322 g/mol. The molecule has 5 nitrogen and oxygen atoms in total. The lowest BCUT2D eigenvalue weighted by Gasteiger charge is -2.38. The van der Waals surface area contributed by atoms with Crippen LogP contribution in [0.25, 0.3) is 0 Å². The molecule has 0 unspecified atom stereocenters. The van der Waals surface area contributed by atoms with E-state index in [1.807, 2.05) is 32.9 Å². The number of rotatable bonds is 0. The molecule has 1 aromatic carbocycles. The third-order valence-corrected chi connectivity index (χ3v) is 4.23. The van der Waals surface area contributed by atoms with E-state index in [0.29, 0.717) is 30.2 Å². The van der Waals surface area contributed by atoms with Crippen LogP contribution in [0.5, 0.6) is 0 Å². The Bertz CT molecular complexity index is 639. The van der Waals surface area contributed by atoms with Crippen molar-refractivity contribution in [3.8, 4) is 0 Å². The van der Waals surface area contributed by atoms with Gasteiger partial charge in [0.05, 0.1) is 16.6 Å². The molecule has 1 fully saturated rings. The average molecular weight is 323 g/mol. The van der Waals surface area contributed by atoms with Crippen LogP contribution in [0.1, 0.15) is 42.7 Å². The Hall–Kier alpha value is -1.75. The van der Waals surface area contributed by atoms with Gasteiger partial charge in [0.25, 0.3) is 5.91 Å². The zero-order valence-corrected chi connectivity index (χ0v) is 13.7. The molecule has 6 heteroatoms. The van der Waals surface area contributed by atoms with Gasteiger partial charge < -0.3 is 14.5 Å². The largest absolute Gasteiger partial charge is 0.444 e. The molecular formula is C16H19ClN2O3. The summed E-state index contributed by atoms with van der Waals surface area (Å²) in [7, 11) is 0. The molecular weight excluding hydrogens is 304 g/mol. The average Bonchev–Trinajstić information content (AvgIpc) is 2.71. The van der Waals surface area contributed by atoms with Crippen LogP contribution in [0.3, 0.4) is 0 Å². The summed E-state index contributed by atoms with van der Waals surface area (Å²) in [5.41, 5.74) is 0.937. The molecule has 2 aliphatic rings. The lowest BCUT2D eigenvalue weighted by molar-refractivity contribution is 0.00657. The van der Waals surface area contributed by atoms with Crippen molar-refractivity contribution in [2.24, 2.45) is 0 Å². The highest BCUT2D eigenvalue weighted by Gasteiger charge is 2.42. The second kappa shape index (κ2) is 5.16. The highest BCUT2D eigenvalue weighted by atomic mass is 35.5. The van der Waals surface area contributed by atoms with Crippen LogP contribution in [0.15, 0.2) is 18.2 Å². The maximum Gasteiger partial charge on any atom is 0.410 e. The molecule has 118 valence electrons. The number of amides is 2. The third-order valence-electron chi connectivity index (χ3n) is 3.91. The maximum absolute atomic E-state index is 12.5. The lowest BCUT2D eigenvalue weighted by atomic mass is 10.0. The van der Waals surface area contributed by atoms with Gasteiger partial charge in [-0.2, -0.15) is 0 Å².